The summed E-state index contributed by atoms with van der Waals surface area (Å²) in [7, 11) is 2.59. The van der Waals surface area contributed by atoms with Crippen molar-refractivity contribution < 1.29 is 41.9 Å². The Morgan fingerprint density at radius 2 is 1.82 bits per heavy atom. The fourth-order valence-corrected chi connectivity index (χ4v) is 3.98. The van der Waals surface area contributed by atoms with Crippen LogP contribution in [0.25, 0.3) is 22.1 Å². The second kappa shape index (κ2) is 10.4. The number of hydrogen-bond acceptors (Lipinski definition) is 7. The molecule has 0 saturated carbocycles. The highest BCUT2D eigenvalue weighted by atomic mass is 19.4. The number of methoxy groups -OCH3 is 1. The van der Waals surface area contributed by atoms with E-state index in [1.165, 1.54) is 57.5 Å². The van der Waals surface area contributed by atoms with Crippen LogP contribution in [0.1, 0.15) is 38.9 Å². The van der Waals surface area contributed by atoms with Crippen LogP contribution in [0.4, 0.5) is 24.5 Å². The summed E-state index contributed by atoms with van der Waals surface area (Å²) < 4.78 is 53.0. The Hall–Kier alpha value is -5.38. The van der Waals surface area contributed by atoms with Crippen LogP contribution in [0.3, 0.4) is 0 Å². The smallest absolute Gasteiger partial charge is 0.417 e. The summed E-state index contributed by atoms with van der Waals surface area (Å²) in [5, 5.41) is 24.7. The van der Waals surface area contributed by atoms with Crippen LogP contribution >= 0.6 is 0 Å². The number of rotatable bonds is 6. The van der Waals surface area contributed by atoms with E-state index >= 15 is 0 Å². The van der Waals surface area contributed by atoms with Crippen LogP contribution in [-0.4, -0.2) is 42.2 Å². The molecular formula is C27H19F3N4O6. The number of carbonyl (C=O) groups excluding carboxylic acids is 2. The number of benzene rings is 3. The molecule has 1 aromatic heterocycles. The number of ether oxygens (including phenoxy) is 1. The Morgan fingerprint density at radius 1 is 1.10 bits per heavy atom. The van der Waals surface area contributed by atoms with Gasteiger partial charge in [-0.15, -0.1) is 0 Å². The molecule has 2 N–H and O–H groups in total. The molecule has 10 nitrogen and oxygen atoms in total. The van der Waals surface area contributed by atoms with Crippen LogP contribution in [0.2, 0.25) is 0 Å². The maximum atomic E-state index is 14.2. The monoisotopic (exact) mass is 552 g/mol. The van der Waals surface area contributed by atoms with E-state index in [4.69, 9.17) is 14.5 Å². The van der Waals surface area contributed by atoms with Gasteiger partial charge in [0.25, 0.3) is 5.91 Å². The summed E-state index contributed by atoms with van der Waals surface area (Å²) in [6.45, 7) is 1.22. The molecule has 4 aromatic rings. The molecule has 0 atom stereocenters. The van der Waals surface area contributed by atoms with E-state index in [-0.39, 0.29) is 56.0 Å². The summed E-state index contributed by atoms with van der Waals surface area (Å²) in [4.78, 5) is 37.5. The molecule has 0 fully saturated rings. The number of carboxylic acid groups (broad SMARTS) is 1. The minimum absolute atomic E-state index is 0.00552. The van der Waals surface area contributed by atoms with Crippen molar-refractivity contribution in [3.05, 3.63) is 70.9 Å². The Balaban J connectivity index is 1.85. The van der Waals surface area contributed by atoms with Gasteiger partial charge in [-0.05, 0) is 42.0 Å². The number of carbonyl (C=O) groups is 3. The number of fused-ring (bicyclic) bond motifs is 1. The van der Waals surface area contributed by atoms with Crippen LogP contribution in [0, 0.1) is 11.3 Å². The SMILES string of the molecule is COc1cc2onc(C(=O)Nc3ccc(C#N)cc3C(=O)O)c2cc1-c1ccc(N(C)C(C)=O)cc1C(F)(F)F. The number of carboxylic acids is 1. The van der Waals surface area contributed by atoms with Crippen molar-refractivity contribution in [2.75, 3.05) is 24.4 Å². The van der Waals surface area contributed by atoms with Gasteiger partial charge in [-0.1, -0.05) is 11.2 Å². The average molecular weight is 552 g/mol. The van der Waals surface area contributed by atoms with Crippen molar-refractivity contribution in [1.82, 2.24) is 5.16 Å². The number of anilines is 2. The fraction of sp³-hybridized carbons (Fsp3) is 0.148. The summed E-state index contributed by atoms with van der Waals surface area (Å²) in [6, 6.07) is 11.3. The predicted octanol–water partition coefficient (Wildman–Crippen LogP) is 5.33. The third kappa shape index (κ3) is 5.14. The molecule has 0 aliphatic carbocycles. The number of aromatic carboxylic acids is 1. The van der Waals surface area contributed by atoms with Crippen molar-refractivity contribution in [3.8, 4) is 22.9 Å². The van der Waals surface area contributed by atoms with Crippen LogP contribution in [0.5, 0.6) is 5.75 Å². The lowest BCUT2D eigenvalue weighted by Gasteiger charge is -2.20. The van der Waals surface area contributed by atoms with Gasteiger partial charge in [0.15, 0.2) is 11.3 Å². The Kier molecular flexibility index (Phi) is 7.20. The number of nitrogens with zero attached hydrogens (tertiary/aromatic N) is 3. The number of hydrogen-bond donors (Lipinski definition) is 2. The Labute approximate surface area is 224 Å². The molecule has 40 heavy (non-hydrogen) atoms. The number of amides is 2. The molecule has 1 heterocycles. The third-order valence-electron chi connectivity index (χ3n) is 6.09. The van der Waals surface area contributed by atoms with E-state index in [0.717, 1.165) is 17.0 Å². The first-order valence-electron chi connectivity index (χ1n) is 11.4. The molecule has 204 valence electrons. The first-order valence-corrected chi connectivity index (χ1v) is 11.4. The molecule has 2 amide bonds. The second-order valence-corrected chi connectivity index (χ2v) is 8.52. The molecule has 13 heteroatoms. The minimum atomic E-state index is -4.82. The molecule has 3 aromatic carbocycles. The number of nitrogens with one attached hydrogen (secondary N) is 1. The first-order chi connectivity index (χ1) is 18.8. The number of nitriles is 1. The second-order valence-electron chi connectivity index (χ2n) is 8.52. The highest BCUT2D eigenvalue weighted by Crippen LogP contribution is 2.43. The van der Waals surface area contributed by atoms with Crippen molar-refractivity contribution in [3.63, 3.8) is 0 Å². The topological polar surface area (TPSA) is 146 Å². The molecule has 0 radical (unpaired) electrons. The van der Waals surface area contributed by atoms with E-state index < -0.39 is 29.5 Å². The van der Waals surface area contributed by atoms with Gasteiger partial charge in [0.05, 0.1) is 40.9 Å². The van der Waals surface area contributed by atoms with E-state index in [9.17, 15) is 32.7 Å². The van der Waals surface area contributed by atoms with E-state index in [1.54, 1.807) is 6.07 Å². The molecule has 0 aliphatic rings. The highest BCUT2D eigenvalue weighted by molar-refractivity contribution is 6.13. The van der Waals surface area contributed by atoms with Crippen LogP contribution < -0.4 is 15.0 Å². The molecule has 4 rings (SSSR count). The summed E-state index contributed by atoms with van der Waals surface area (Å²) >= 11 is 0. The molecule has 0 bridgehead atoms. The zero-order valence-corrected chi connectivity index (χ0v) is 21.1. The summed E-state index contributed by atoms with van der Waals surface area (Å²) in [6.07, 6.45) is -4.82. The van der Waals surface area contributed by atoms with Gasteiger partial charge in [0.1, 0.15) is 5.75 Å². The van der Waals surface area contributed by atoms with Crippen molar-refractivity contribution in [1.29, 1.82) is 5.26 Å². The minimum Gasteiger partial charge on any atom is -0.496 e. The van der Waals surface area contributed by atoms with Gasteiger partial charge >= 0.3 is 12.1 Å². The third-order valence-corrected chi connectivity index (χ3v) is 6.09. The lowest BCUT2D eigenvalue weighted by molar-refractivity contribution is -0.137. The molecule has 0 spiro atoms. The largest absolute Gasteiger partial charge is 0.496 e. The maximum Gasteiger partial charge on any atom is 0.417 e. The van der Waals surface area contributed by atoms with Gasteiger partial charge in [-0.3, -0.25) is 9.59 Å². The standard InChI is InChI=1S/C27H19F3N4O6/c1-13(35)34(2)15-5-6-16(20(9-15)27(28,29)30)17-10-19-23(11-22(17)39-3)40-33-24(19)25(36)32-21-7-4-14(12-31)8-18(21)26(37)38/h4-11H,1-3H3,(H,32,36)(H,37,38). The van der Waals surface area contributed by atoms with Crippen LogP contribution in [0.15, 0.2) is 53.1 Å². The summed E-state index contributed by atoms with van der Waals surface area (Å²) in [5.41, 5.74) is -2.11. The van der Waals surface area contributed by atoms with Gasteiger partial charge < -0.3 is 24.6 Å². The predicted molar refractivity (Wildman–Crippen MR) is 136 cm³/mol. The number of alkyl halides is 3. The van der Waals surface area contributed by atoms with E-state index in [1.807, 2.05) is 0 Å². The zero-order valence-electron chi connectivity index (χ0n) is 21.1. The lowest BCUT2D eigenvalue weighted by atomic mass is 9.96. The molecule has 0 unspecified atom stereocenters. The number of aromatic nitrogens is 1. The normalized spacial score (nSPS) is 11.1. The van der Waals surface area contributed by atoms with Crippen molar-refractivity contribution in [2.45, 2.75) is 13.1 Å². The van der Waals surface area contributed by atoms with Gasteiger partial charge in [-0.25, -0.2) is 4.79 Å². The lowest BCUT2D eigenvalue weighted by Crippen LogP contribution is -2.23. The summed E-state index contributed by atoms with van der Waals surface area (Å²) in [5.74, 6) is -2.78. The quantitative estimate of drug-likeness (QED) is 0.327. The average Bonchev–Trinajstić information content (AvgIpc) is 3.34. The Morgan fingerprint density at radius 3 is 2.42 bits per heavy atom. The molecular weight excluding hydrogens is 533 g/mol. The molecule has 0 aliphatic heterocycles. The van der Waals surface area contributed by atoms with Crippen molar-refractivity contribution >= 4 is 40.1 Å². The Bertz CT molecular complexity index is 1720. The van der Waals surface area contributed by atoms with Gasteiger partial charge in [0.2, 0.25) is 5.91 Å². The van der Waals surface area contributed by atoms with Crippen LogP contribution in [-0.2, 0) is 11.0 Å². The van der Waals surface area contributed by atoms with Gasteiger partial charge in [0, 0.05) is 31.3 Å². The highest BCUT2D eigenvalue weighted by Gasteiger charge is 2.35. The van der Waals surface area contributed by atoms with E-state index in [2.05, 4.69) is 10.5 Å². The van der Waals surface area contributed by atoms with Gasteiger partial charge in [-0.2, -0.15) is 18.4 Å². The first kappa shape index (κ1) is 27.6. The molecule has 0 saturated heterocycles. The zero-order chi connectivity index (χ0) is 29.4. The maximum absolute atomic E-state index is 14.2. The number of halogens is 3. The van der Waals surface area contributed by atoms with Crippen molar-refractivity contribution in [2.24, 2.45) is 0 Å². The fourth-order valence-electron chi connectivity index (χ4n) is 3.98. The van der Waals surface area contributed by atoms with E-state index in [0.29, 0.717) is 0 Å².